The minimum absolute atomic E-state index is 0.105. The zero-order valence-corrected chi connectivity index (χ0v) is 24.1. The predicted molar refractivity (Wildman–Crippen MR) is 158 cm³/mol. The number of rotatable bonds is 7. The number of methoxy groups -OCH3 is 1. The Morgan fingerprint density at radius 1 is 1.05 bits per heavy atom. The summed E-state index contributed by atoms with van der Waals surface area (Å²) in [5.74, 6) is 2.45. The maximum atomic E-state index is 13.3. The van der Waals surface area contributed by atoms with E-state index in [0.29, 0.717) is 24.9 Å². The standard InChI is InChI=1S/C33H42N4O2/c1-23(2)29-21-28(26-13-9-14-27(20-26)39-5)32(30-15-10-16-35(30)4)33(34-29)36-17-18-37(24(3)22-36)31(38)19-25-11-7-6-8-12-25/h6-9,11-14,20-21,23-24,30H,10,15-19,22H2,1-5H3. The number of anilines is 1. The van der Waals surface area contributed by atoms with E-state index in [1.165, 1.54) is 23.1 Å². The Labute approximate surface area is 233 Å². The van der Waals surface area contributed by atoms with Crippen molar-refractivity contribution in [3.05, 3.63) is 77.5 Å². The lowest BCUT2D eigenvalue weighted by Crippen LogP contribution is -2.55. The highest BCUT2D eigenvalue weighted by Crippen LogP contribution is 2.43. The molecule has 0 N–H and O–H groups in total. The van der Waals surface area contributed by atoms with Gasteiger partial charge in [-0.05, 0) is 74.2 Å². The van der Waals surface area contributed by atoms with Crippen molar-refractivity contribution >= 4 is 11.7 Å². The maximum Gasteiger partial charge on any atom is 0.227 e. The van der Waals surface area contributed by atoms with E-state index in [9.17, 15) is 4.79 Å². The first kappa shape index (κ1) is 27.2. The Balaban J connectivity index is 1.52. The smallest absolute Gasteiger partial charge is 0.227 e. The minimum atomic E-state index is 0.105. The molecule has 6 nitrogen and oxygen atoms in total. The second-order valence-corrected chi connectivity index (χ2v) is 11.4. The molecular weight excluding hydrogens is 484 g/mol. The molecule has 0 aliphatic carbocycles. The van der Waals surface area contributed by atoms with Crippen LogP contribution in [0.4, 0.5) is 5.82 Å². The zero-order chi connectivity index (χ0) is 27.5. The number of hydrogen-bond acceptors (Lipinski definition) is 5. The number of likely N-dealkylation sites (tertiary alicyclic amines) is 1. The summed E-state index contributed by atoms with van der Waals surface area (Å²) in [6, 6.07) is 21.2. The number of hydrogen-bond donors (Lipinski definition) is 0. The van der Waals surface area contributed by atoms with Crippen LogP contribution in [0.1, 0.15) is 62.4 Å². The number of piperazine rings is 1. The van der Waals surface area contributed by atoms with E-state index in [0.717, 1.165) is 48.9 Å². The Morgan fingerprint density at radius 3 is 2.51 bits per heavy atom. The maximum absolute atomic E-state index is 13.3. The number of carbonyl (C=O) groups is 1. The zero-order valence-electron chi connectivity index (χ0n) is 24.1. The number of nitrogens with zero attached hydrogens (tertiary/aromatic N) is 4. The molecule has 0 bridgehead atoms. The third-order valence-corrected chi connectivity index (χ3v) is 8.33. The summed E-state index contributed by atoms with van der Waals surface area (Å²) in [5.41, 5.74) is 5.89. The molecule has 5 rings (SSSR count). The number of pyridine rings is 1. The molecule has 0 radical (unpaired) electrons. The van der Waals surface area contributed by atoms with Crippen LogP contribution in [0.15, 0.2) is 60.7 Å². The van der Waals surface area contributed by atoms with Crippen molar-refractivity contribution in [3.8, 4) is 16.9 Å². The van der Waals surface area contributed by atoms with Gasteiger partial charge in [0, 0.05) is 43.0 Å². The van der Waals surface area contributed by atoms with Gasteiger partial charge in [0.25, 0.3) is 0 Å². The molecular formula is C33H42N4O2. The van der Waals surface area contributed by atoms with Gasteiger partial charge in [-0.3, -0.25) is 9.69 Å². The highest BCUT2D eigenvalue weighted by atomic mass is 16.5. The van der Waals surface area contributed by atoms with Crippen LogP contribution in [0.5, 0.6) is 5.75 Å². The van der Waals surface area contributed by atoms with Crippen molar-refractivity contribution in [2.75, 3.05) is 45.2 Å². The van der Waals surface area contributed by atoms with Gasteiger partial charge in [-0.2, -0.15) is 0 Å². The van der Waals surface area contributed by atoms with E-state index < -0.39 is 0 Å². The summed E-state index contributed by atoms with van der Waals surface area (Å²) in [6.07, 6.45) is 2.75. The van der Waals surface area contributed by atoms with Crippen molar-refractivity contribution in [3.63, 3.8) is 0 Å². The Morgan fingerprint density at radius 2 is 1.85 bits per heavy atom. The third-order valence-electron chi connectivity index (χ3n) is 8.33. The van der Waals surface area contributed by atoms with Crippen LogP contribution in [0.25, 0.3) is 11.1 Å². The van der Waals surface area contributed by atoms with Crippen LogP contribution >= 0.6 is 0 Å². The lowest BCUT2D eigenvalue weighted by atomic mass is 9.91. The van der Waals surface area contributed by atoms with E-state index in [-0.39, 0.29) is 11.9 Å². The molecule has 0 saturated carbocycles. The minimum Gasteiger partial charge on any atom is -0.497 e. The molecule has 2 aromatic carbocycles. The molecule has 2 aliphatic heterocycles. The lowest BCUT2D eigenvalue weighted by Gasteiger charge is -2.42. The van der Waals surface area contributed by atoms with Crippen molar-refractivity contribution in [2.24, 2.45) is 0 Å². The number of ether oxygens (including phenoxy) is 1. The molecule has 3 heterocycles. The second kappa shape index (κ2) is 11.8. The highest BCUT2D eigenvalue weighted by Gasteiger charge is 2.34. The van der Waals surface area contributed by atoms with Crippen molar-refractivity contribution in [1.29, 1.82) is 0 Å². The van der Waals surface area contributed by atoms with Gasteiger partial charge in [0.15, 0.2) is 0 Å². The van der Waals surface area contributed by atoms with Crippen LogP contribution in [-0.2, 0) is 11.2 Å². The first-order valence-electron chi connectivity index (χ1n) is 14.3. The Kier molecular flexibility index (Phi) is 8.22. The normalized spacial score (nSPS) is 20.1. The summed E-state index contributed by atoms with van der Waals surface area (Å²) >= 11 is 0. The second-order valence-electron chi connectivity index (χ2n) is 11.4. The number of carbonyl (C=O) groups excluding carboxylic acids is 1. The molecule has 1 aromatic heterocycles. The van der Waals surface area contributed by atoms with Crippen LogP contribution < -0.4 is 9.64 Å². The van der Waals surface area contributed by atoms with Gasteiger partial charge in [-0.15, -0.1) is 0 Å². The fourth-order valence-corrected chi connectivity index (χ4v) is 6.12. The third kappa shape index (κ3) is 5.81. The summed E-state index contributed by atoms with van der Waals surface area (Å²) in [5, 5.41) is 0. The molecule has 2 saturated heterocycles. The van der Waals surface area contributed by atoms with Gasteiger partial charge in [0.2, 0.25) is 5.91 Å². The summed E-state index contributed by atoms with van der Waals surface area (Å²) in [4.78, 5) is 25.6. The number of amides is 1. The van der Waals surface area contributed by atoms with Gasteiger partial charge in [-0.25, -0.2) is 4.98 Å². The topological polar surface area (TPSA) is 48.9 Å². The summed E-state index contributed by atoms with van der Waals surface area (Å²) in [7, 11) is 3.96. The molecule has 2 atom stereocenters. The highest BCUT2D eigenvalue weighted by molar-refractivity contribution is 5.80. The van der Waals surface area contributed by atoms with Crippen molar-refractivity contribution < 1.29 is 9.53 Å². The van der Waals surface area contributed by atoms with Crippen molar-refractivity contribution in [2.45, 2.75) is 58.0 Å². The fraction of sp³-hybridized carbons (Fsp3) is 0.455. The van der Waals surface area contributed by atoms with E-state index in [1.807, 2.05) is 36.4 Å². The number of benzene rings is 2. The van der Waals surface area contributed by atoms with Crippen LogP contribution in [0.2, 0.25) is 0 Å². The van der Waals surface area contributed by atoms with Gasteiger partial charge in [-0.1, -0.05) is 56.3 Å². The van der Waals surface area contributed by atoms with Gasteiger partial charge < -0.3 is 14.5 Å². The molecule has 3 aromatic rings. The predicted octanol–water partition coefficient (Wildman–Crippen LogP) is 5.93. The SMILES string of the molecule is COc1cccc(-c2cc(C(C)C)nc(N3CCN(C(=O)Cc4ccccc4)C(C)C3)c2C2CCCN2C)c1. The molecule has 0 spiro atoms. The average Bonchev–Trinajstić information content (AvgIpc) is 3.37. The summed E-state index contributed by atoms with van der Waals surface area (Å²) < 4.78 is 5.60. The first-order chi connectivity index (χ1) is 18.9. The van der Waals surface area contributed by atoms with Crippen LogP contribution in [-0.4, -0.2) is 67.1 Å². The monoisotopic (exact) mass is 526 g/mol. The molecule has 2 aliphatic rings. The number of aromatic nitrogens is 1. The van der Waals surface area contributed by atoms with Crippen molar-refractivity contribution in [1.82, 2.24) is 14.8 Å². The van der Waals surface area contributed by atoms with E-state index in [1.54, 1.807) is 7.11 Å². The first-order valence-corrected chi connectivity index (χ1v) is 14.3. The lowest BCUT2D eigenvalue weighted by molar-refractivity contribution is -0.132. The van der Waals surface area contributed by atoms with Gasteiger partial charge in [0.1, 0.15) is 11.6 Å². The molecule has 2 fully saturated rings. The van der Waals surface area contributed by atoms with Gasteiger partial charge >= 0.3 is 0 Å². The quantitative estimate of drug-likeness (QED) is 0.382. The Hall–Kier alpha value is -3.38. The largest absolute Gasteiger partial charge is 0.497 e. The van der Waals surface area contributed by atoms with E-state index in [2.05, 4.69) is 66.8 Å². The molecule has 6 heteroatoms. The van der Waals surface area contributed by atoms with Crippen LogP contribution in [0.3, 0.4) is 0 Å². The van der Waals surface area contributed by atoms with Crippen LogP contribution in [0, 0.1) is 0 Å². The average molecular weight is 527 g/mol. The summed E-state index contributed by atoms with van der Waals surface area (Å²) in [6.45, 7) is 9.94. The molecule has 39 heavy (non-hydrogen) atoms. The van der Waals surface area contributed by atoms with E-state index >= 15 is 0 Å². The molecule has 2 unspecified atom stereocenters. The molecule has 1 amide bonds. The Bertz CT molecular complexity index is 1290. The fourth-order valence-electron chi connectivity index (χ4n) is 6.12. The van der Waals surface area contributed by atoms with E-state index in [4.69, 9.17) is 9.72 Å². The van der Waals surface area contributed by atoms with Gasteiger partial charge in [0.05, 0.1) is 13.5 Å². The molecule has 206 valence electrons.